The van der Waals surface area contributed by atoms with E-state index in [1.165, 1.54) is 0 Å². The Balaban J connectivity index is 3.74. The van der Waals surface area contributed by atoms with Crippen molar-refractivity contribution < 1.29 is 4.74 Å². The summed E-state index contributed by atoms with van der Waals surface area (Å²) in [5.41, 5.74) is 0.145. The monoisotopic (exact) mass is 216 g/mol. The average Bonchev–Trinajstić information content (AvgIpc) is 2.14. The van der Waals surface area contributed by atoms with Gasteiger partial charge in [0.1, 0.15) is 0 Å². The zero-order chi connectivity index (χ0) is 11.9. The van der Waals surface area contributed by atoms with Crippen molar-refractivity contribution >= 4 is 0 Å². The highest BCUT2D eigenvalue weighted by Gasteiger charge is 2.20. The van der Waals surface area contributed by atoms with Crippen LogP contribution in [0.4, 0.5) is 0 Å². The predicted octanol–water partition coefficient (Wildman–Crippen LogP) is 1.78. The summed E-state index contributed by atoms with van der Waals surface area (Å²) in [4.78, 5) is 0. The summed E-state index contributed by atoms with van der Waals surface area (Å²) in [5.74, 6) is 0. The van der Waals surface area contributed by atoms with Crippen LogP contribution >= 0.6 is 0 Å². The van der Waals surface area contributed by atoms with Gasteiger partial charge in [-0.25, -0.2) is 0 Å². The number of rotatable bonds is 8. The van der Waals surface area contributed by atoms with E-state index in [4.69, 9.17) is 4.74 Å². The molecule has 0 saturated heterocycles. The van der Waals surface area contributed by atoms with E-state index in [1.54, 1.807) is 0 Å². The molecule has 0 aromatic heterocycles. The van der Waals surface area contributed by atoms with Gasteiger partial charge in [-0.05, 0) is 61.2 Å². The van der Waals surface area contributed by atoms with Crippen molar-refractivity contribution in [1.82, 2.24) is 10.6 Å². The van der Waals surface area contributed by atoms with Crippen molar-refractivity contribution in [1.29, 1.82) is 0 Å². The Labute approximate surface area is 95.0 Å². The minimum absolute atomic E-state index is 0.0210. The van der Waals surface area contributed by atoms with E-state index in [9.17, 15) is 0 Å². The fraction of sp³-hybridized carbons (Fsp3) is 1.00. The van der Waals surface area contributed by atoms with Gasteiger partial charge in [-0.15, -0.1) is 0 Å². The van der Waals surface area contributed by atoms with E-state index in [0.29, 0.717) is 0 Å². The van der Waals surface area contributed by atoms with Gasteiger partial charge in [-0.3, -0.25) is 0 Å². The van der Waals surface area contributed by atoms with Gasteiger partial charge in [0.15, 0.2) is 0 Å². The van der Waals surface area contributed by atoms with Crippen LogP contribution in [0, 0.1) is 0 Å². The van der Waals surface area contributed by atoms with E-state index >= 15 is 0 Å². The van der Waals surface area contributed by atoms with E-state index < -0.39 is 0 Å². The third-order valence-corrected chi connectivity index (χ3v) is 2.87. The molecule has 15 heavy (non-hydrogen) atoms. The largest absolute Gasteiger partial charge is 0.375 e. The molecule has 0 atom stereocenters. The fourth-order valence-electron chi connectivity index (χ4n) is 1.21. The van der Waals surface area contributed by atoms with Gasteiger partial charge >= 0.3 is 0 Å². The molecule has 0 amide bonds. The Hall–Kier alpha value is -0.120. The van der Waals surface area contributed by atoms with Gasteiger partial charge in [-0.2, -0.15) is 0 Å². The summed E-state index contributed by atoms with van der Waals surface area (Å²) >= 11 is 0. The molecular formula is C12H28N2O. The van der Waals surface area contributed by atoms with E-state index in [1.807, 2.05) is 14.1 Å². The lowest BCUT2D eigenvalue weighted by Crippen LogP contribution is -2.38. The zero-order valence-electron chi connectivity index (χ0n) is 11.2. The van der Waals surface area contributed by atoms with Gasteiger partial charge in [-0.1, -0.05) is 0 Å². The van der Waals surface area contributed by atoms with Crippen LogP contribution in [0.2, 0.25) is 0 Å². The summed E-state index contributed by atoms with van der Waals surface area (Å²) in [5, 5.41) is 6.43. The Morgan fingerprint density at radius 3 is 2.07 bits per heavy atom. The third kappa shape index (κ3) is 7.77. The van der Waals surface area contributed by atoms with Crippen molar-refractivity contribution in [3.63, 3.8) is 0 Å². The molecule has 0 bridgehead atoms. The molecule has 0 aromatic carbocycles. The van der Waals surface area contributed by atoms with Crippen molar-refractivity contribution in [2.75, 3.05) is 27.2 Å². The van der Waals surface area contributed by atoms with Crippen LogP contribution < -0.4 is 10.6 Å². The molecule has 0 unspecified atom stereocenters. The normalized spacial score (nSPS) is 13.2. The molecule has 3 heteroatoms. The molecular weight excluding hydrogens is 188 g/mol. The Morgan fingerprint density at radius 2 is 1.60 bits per heavy atom. The number of hydrogen-bond acceptors (Lipinski definition) is 3. The van der Waals surface area contributed by atoms with E-state index in [-0.39, 0.29) is 11.1 Å². The summed E-state index contributed by atoms with van der Waals surface area (Å²) in [6, 6.07) is 0. The van der Waals surface area contributed by atoms with E-state index in [2.05, 4.69) is 38.3 Å². The molecule has 2 N–H and O–H groups in total. The van der Waals surface area contributed by atoms with Gasteiger partial charge in [0.05, 0.1) is 5.60 Å². The second-order valence-electron chi connectivity index (χ2n) is 5.35. The first-order valence-corrected chi connectivity index (χ1v) is 5.80. The molecule has 92 valence electrons. The van der Waals surface area contributed by atoms with Crippen LogP contribution in [0.1, 0.15) is 40.5 Å². The molecule has 0 spiro atoms. The molecule has 0 aliphatic carbocycles. The van der Waals surface area contributed by atoms with Crippen LogP contribution in [0.5, 0.6) is 0 Å². The molecule has 3 nitrogen and oxygen atoms in total. The maximum Gasteiger partial charge on any atom is 0.0638 e. The molecule has 0 aliphatic heterocycles. The Bertz CT molecular complexity index is 167. The van der Waals surface area contributed by atoms with Crippen LogP contribution in [-0.2, 0) is 4.74 Å². The number of hydrogen-bond donors (Lipinski definition) is 2. The summed E-state index contributed by atoms with van der Waals surface area (Å²) in [6.45, 7) is 10.5. The van der Waals surface area contributed by atoms with Crippen LogP contribution in [0.15, 0.2) is 0 Å². The predicted molar refractivity (Wildman–Crippen MR) is 66.3 cm³/mol. The minimum Gasteiger partial charge on any atom is -0.375 e. The third-order valence-electron chi connectivity index (χ3n) is 2.87. The van der Waals surface area contributed by atoms with Crippen molar-refractivity contribution in [3.8, 4) is 0 Å². The second-order valence-corrected chi connectivity index (χ2v) is 5.35. The molecule has 0 radical (unpaired) electrons. The minimum atomic E-state index is -0.0210. The molecule has 0 aliphatic rings. The smallest absolute Gasteiger partial charge is 0.0638 e. The maximum atomic E-state index is 5.89. The molecule has 0 fully saturated rings. The zero-order valence-corrected chi connectivity index (χ0v) is 11.2. The lowest BCUT2D eigenvalue weighted by atomic mass is 10.0. The lowest BCUT2D eigenvalue weighted by Gasteiger charge is -2.29. The van der Waals surface area contributed by atoms with Gasteiger partial charge in [0, 0.05) is 12.1 Å². The van der Waals surface area contributed by atoms with Crippen molar-refractivity contribution in [3.05, 3.63) is 0 Å². The van der Waals surface area contributed by atoms with Crippen LogP contribution in [-0.4, -0.2) is 38.4 Å². The SMILES string of the molecule is CNCCC(C)(C)OCCC(C)(C)NC. The highest BCUT2D eigenvalue weighted by Crippen LogP contribution is 2.16. The summed E-state index contributed by atoms with van der Waals surface area (Å²) in [7, 11) is 3.96. The Morgan fingerprint density at radius 1 is 1.00 bits per heavy atom. The molecule has 0 heterocycles. The summed E-state index contributed by atoms with van der Waals surface area (Å²) < 4.78 is 5.89. The number of ether oxygens (including phenoxy) is 1. The second kappa shape index (κ2) is 6.46. The van der Waals surface area contributed by atoms with Gasteiger partial charge < -0.3 is 15.4 Å². The summed E-state index contributed by atoms with van der Waals surface area (Å²) in [6.07, 6.45) is 2.08. The average molecular weight is 216 g/mol. The molecule has 0 aromatic rings. The van der Waals surface area contributed by atoms with Gasteiger partial charge in [0.2, 0.25) is 0 Å². The van der Waals surface area contributed by atoms with Gasteiger partial charge in [0.25, 0.3) is 0 Å². The molecule has 0 saturated carbocycles. The first kappa shape index (κ1) is 14.9. The topological polar surface area (TPSA) is 33.3 Å². The van der Waals surface area contributed by atoms with Crippen LogP contribution in [0.3, 0.4) is 0 Å². The lowest BCUT2D eigenvalue weighted by molar-refractivity contribution is -0.0297. The van der Waals surface area contributed by atoms with E-state index in [0.717, 1.165) is 26.0 Å². The highest BCUT2D eigenvalue weighted by atomic mass is 16.5. The standard InChI is InChI=1S/C12H28N2O/c1-11(2,14-6)8-10-15-12(3,4)7-9-13-5/h13-14H,7-10H2,1-6H3. The quantitative estimate of drug-likeness (QED) is 0.649. The fourth-order valence-corrected chi connectivity index (χ4v) is 1.21. The number of nitrogens with one attached hydrogen (secondary N) is 2. The first-order valence-electron chi connectivity index (χ1n) is 5.80. The maximum absolute atomic E-state index is 5.89. The first-order chi connectivity index (χ1) is 6.83. The van der Waals surface area contributed by atoms with Crippen molar-refractivity contribution in [2.24, 2.45) is 0 Å². The highest BCUT2D eigenvalue weighted by molar-refractivity contribution is 4.76. The molecule has 0 rings (SSSR count). The van der Waals surface area contributed by atoms with Crippen LogP contribution in [0.25, 0.3) is 0 Å². The van der Waals surface area contributed by atoms with Crippen molar-refractivity contribution in [2.45, 2.75) is 51.7 Å². The Kier molecular flexibility index (Phi) is 6.41.